The summed E-state index contributed by atoms with van der Waals surface area (Å²) in [6, 6.07) is 13.6. The molecule has 0 amide bonds. The molecule has 3 aromatic heterocycles. The molecular weight excluding hydrogens is 236 g/mol. The van der Waals surface area contributed by atoms with Crippen LogP contribution in [-0.4, -0.2) is 20.2 Å². The van der Waals surface area contributed by atoms with Crippen molar-refractivity contribution in [1.29, 1.82) is 0 Å². The third kappa shape index (κ3) is 2.47. The van der Waals surface area contributed by atoms with Crippen molar-refractivity contribution in [2.24, 2.45) is 0 Å². The lowest BCUT2D eigenvalue weighted by Gasteiger charge is -2.02. The minimum atomic E-state index is 0.776. The summed E-state index contributed by atoms with van der Waals surface area (Å²) in [7, 11) is 0. The molecule has 4 nitrogen and oxygen atoms in total. The zero-order chi connectivity index (χ0) is 13.1. The third-order valence-corrected chi connectivity index (χ3v) is 2.78. The predicted molar refractivity (Wildman–Crippen MR) is 73.2 cm³/mol. The van der Waals surface area contributed by atoms with Crippen LogP contribution in [0.2, 0.25) is 0 Å². The van der Waals surface area contributed by atoms with E-state index < -0.39 is 0 Å². The van der Waals surface area contributed by atoms with Crippen LogP contribution in [0.3, 0.4) is 0 Å². The SMILES string of the molecule is Cc1ccc(-c2ccc(-c3ccccn3)cn2)nn1. The van der Waals surface area contributed by atoms with Gasteiger partial charge in [0.15, 0.2) is 0 Å². The molecule has 4 heteroatoms. The molecule has 19 heavy (non-hydrogen) atoms. The van der Waals surface area contributed by atoms with Gasteiger partial charge in [0.05, 0.1) is 17.1 Å². The molecule has 0 atom stereocenters. The Morgan fingerprint density at radius 3 is 2.26 bits per heavy atom. The van der Waals surface area contributed by atoms with Gasteiger partial charge in [0.2, 0.25) is 0 Å². The van der Waals surface area contributed by atoms with Crippen LogP contribution in [-0.2, 0) is 0 Å². The third-order valence-electron chi connectivity index (χ3n) is 2.78. The molecule has 0 N–H and O–H groups in total. The number of rotatable bonds is 2. The second-order valence-corrected chi connectivity index (χ2v) is 4.21. The van der Waals surface area contributed by atoms with Crippen LogP contribution in [0.5, 0.6) is 0 Å². The highest BCUT2D eigenvalue weighted by Crippen LogP contribution is 2.19. The number of nitrogens with zero attached hydrogens (tertiary/aromatic N) is 4. The van der Waals surface area contributed by atoms with E-state index in [2.05, 4.69) is 20.2 Å². The molecule has 0 radical (unpaired) electrons. The highest BCUT2D eigenvalue weighted by Gasteiger charge is 2.03. The highest BCUT2D eigenvalue weighted by molar-refractivity contribution is 5.62. The number of hydrogen-bond acceptors (Lipinski definition) is 4. The van der Waals surface area contributed by atoms with Gasteiger partial charge in [-0.3, -0.25) is 9.97 Å². The molecule has 0 saturated carbocycles. The van der Waals surface area contributed by atoms with Gasteiger partial charge in [-0.15, -0.1) is 5.10 Å². The molecule has 0 bridgehead atoms. The van der Waals surface area contributed by atoms with Gasteiger partial charge in [-0.25, -0.2) is 0 Å². The van der Waals surface area contributed by atoms with Crippen LogP contribution in [0.4, 0.5) is 0 Å². The molecule has 0 fully saturated rings. The molecule has 3 heterocycles. The van der Waals surface area contributed by atoms with Crippen LogP contribution >= 0.6 is 0 Å². The van der Waals surface area contributed by atoms with Gasteiger partial charge in [0.25, 0.3) is 0 Å². The number of aryl methyl sites for hydroxylation is 1. The minimum Gasteiger partial charge on any atom is -0.256 e. The van der Waals surface area contributed by atoms with Crippen LogP contribution in [0, 0.1) is 6.92 Å². The quantitative estimate of drug-likeness (QED) is 0.699. The van der Waals surface area contributed by atoms with Crippen LogP contribution in [0.15, 0.2) is 54.9 Å². The average molecular weight is 248 g/mol. The summed E-state index contributed by atoms with van der Waals surface area (Å²) in [6.45, 7) is 1.91. The van der Waals surface area contributed by atoms with Crippen LogP contribution in [0.25, 0.3) is 22.6 Å². The number of hydrogen-bond donors (Lipinski definition) is 0. The van der Waals surface area contributed by atoms with Crippen molar-refractivity contribution in [2.45, 2.75) is 6.92 Å². The molecule has 0 spiro atoms. The molecule has 0 saturated heterocycles. The van der Waals surface area contributed by atoms with Crippen LogP contribution < -0.4 is 0 Å². The monoisotopic (exact) mass is 248 g/mol. The minimum absolute atomic E-state index is 0.776. The molecule has 0 aliphatic heterocycles. The summed E-state index contributed by atoms with van der Waals surface area (Å²) in [5.41, 5.74) is 4.39. The molecule has 3 aromatic rings. The molecule has 0 aliphatic rings. The molecule has 0 unspecified atom stereocenters. The first-order valence-electron chi connectivity index (χ1n) is 6.01. The molecule has 0 aromatic carbocycles. The normalized spacial score (nSPS) is 10.4. The fraction of sp³-hybridized carbons (Fsp3) is 0.0667. The van der Waals surface area contributed by atoms with Gasteiger partial charge < -0.3 is 0 Å². The first-order chi connectivity index (χ1) is 9.33. The molecule has 3 rings (SSSR count). The maximum Gasteiger partial charge on any atom is 0.111 e. The van der Waals surface area contributed by atoms with Crippen molar-refractivity contribution in [3.63, 3.8) is 0 Å². The Balaban J connectivity index is 1.93. The standard InChI is InChI=1S/C15H12N4/c1-11-5-7-15(19-18-11)14-8-6-12(10-17-14)13-4-2-3-9-16-13/h2-10H,1H3. The zero-order valence-corrected chi connectivity index (χ0v) is 10.5. The Morgan fingerprint density at radius 2 is 1.63 bits per heavy atom. The number of pyridine rings is 2. The molecule has 92 valence electrons. The lowest BCUT2D eigenvalue weighted by Crippen LogP contribution is -1.92. The fourth-order valence-corrected chi connectivity index (χ4v) is 1.77. The second-order valence-electron chi connectivity index (χ2n) is 4.21. The summed E-state index contributed by atoms with van der Waals surface area (Å²) in [6.07, 6.45) is 3.58. The van der Waals surface area contributed by atoms with E-state index >= 15 is 0 Å². The fourth-order valence-electron chi connectivity index (χ4n) is 1.77. The second kappa shape index (κ2) is 4.94. The highest BCUT2D eigenvalue weighted by atomic mass is 15.1. The van der Waals surface area contributed by atoms with E-state index in [0.717, 1.165) is 28.3 Å². The Hall–Kier alpha value is -2.62. The Labute approximate surface area is 111 Å². The first kappa shape index (κ1) is 11.5. The van der Waals surface area contributed by atoms with Crippen molar-refractivity contribution in [3.05, 3.63) is 60.6 Å². The van der Waals surface area contributed by atoms with Crippen molar-refractivity contribution in [1.82, 2.24) is 20.2 Å². The Kier molecular flexibility index (Phi) is 2.98. The van der Waals surface area contributed by atoms with Crippen molar-refractivity contribution in [2.75, 3.05) is 0 Å². The van der Waals surface area contributed by atoms with Gasteiger partial charge >= 0.3 is 0 Å². The van der Waals surface area contributed by atoms with Gasteiger partial charge in [-0.1, -0.05) is 6.07 Å². The molecule has 0 aliphatic carbocycles. The lowest BCUT2D eigenvalue weighted by molar-refractivity contribution is 0.981. The van der Waals surface area contributed by atoms with E-state index in [1.165, 1.54) is 0 Å². The zero-order valence-electron chi connectivity index (χ0n) is 10.5. The van der Waals surface area contributed by atoms with E-state index in [1.807, 2.05) is 49.4 Å². The van der Waals surface area contributed by atoms with E-state index in [9.17, 15) is 0 Å². The maximum atomic E-state index is 4.41. The topological polar surface area (TPSA) is 51.6 Å². The average Bonchev–Trinajstić information content (AvgIpc) is 2.49. The van der Waals surface area contributed by atoms with Crippen molar-refractivity contribution < 1.29 is 0 Å². The van der Waals surface area contributed by atoms with Gasteiger partial charge in [0.1, 0.15) is 5.69 Å². The summed E-state index contributed by atoms with van der Waals surface area (Å²) in [5.74, 6) is 0. The van der Waals surface area contributed by atoms with Crippen molar-refractivity contribution >= 4 is 0 Å². The summed E-state index contributed by atoms with van der Waals surface area (Å²) >= 11 is 0. The molecular formula is C15H12N4. The summed E-state index contributed by atoms with van der Waals surface area (Å²) < 4.78 is 0. The summed E-state index contributed by atoms with van der Waals surface area (Å²) in [5, 5.41) is 8.16. The maximum absolute atomic E-state index is 4.41. The largest absolute Gasteiger partial charge is 0.256 e. The number of aromatic nitrogens is 4. The van der Waals surface area contributed by atoms with E-state index in [-0.39, 0.29) is 0 Å². The Bertz CT molecular complexity index is 661. The van der Waals surface area contributed by atoms with Crippen molar-refractivity contribution in [3.8, 4) is 22.6 Å². The lowest BCUT2D eigenvalue weighted by atomic mass is 10.1. The predicted octanol–water partition coefficient (Wildman–Crippen LogP) is 2.91. The van der Waals surface area contributed by atoms with Gasteiger partial charge in [-0.2, -0.15) is 5.10 Å². The van der Waals surface area contributed by atoms with E-state index in [1.54, 1.807) is 12.4 Å². The van der Waals surface area contributed by atoms with E-state index in [0.29, 0.717) is 0 Å². The van der Waals surface area contributed by atoms with E-state index in [4.69, 9.17) is 0 Å². The first-order valence-corrected chi connectivity index (χ1v) is 6.01. The Morgan fingerprint density at radius 1 is 0.737 bits per heavy atom. The smallest absolute Gasteiger partial charge is 0.111 e. The van der Waals surface area contributed by atoms with Gasteiger partial charge in [-0.05, 0) is 43.3 Å². The van der Waals surface area contributed by atoms with Gasteiger partial charge in [0, 0.05) is 18.0 Å². The van der Waals surface area contributed by atoms with Crippen LogP contribution in [0.1, 0.15) is 5.69 Å². The summed E-state index contributed by atoms with van der Waals surface area (Å²) in [4.78, 5) is 8.71.